The minimum atomic E-state index is -0.481. The fourth-order valence-corrected chi connectivity index (χ4v) is 5.50. The van der Waals surface area contributed by atoms with Gasteiger partial charge in [0.25, 0.3) is 5.91 Å². The second-order valence-corrected chi connectivity index (χ2v) is 9.50. The van der Waals surface area contributed by atoms with Gasteiger partial charge in [-0.1, -0.05) is 11.6 Å². The quantitative estimate of drug-likeness (QED) is 0.662. The number of hydrogen-bond acceptors (Lipinski definition) is 6. The van der Waals surface area contributed by atoms with E-state index in [9.17, 15) is 13.6 Å². The number of hydrogen-bond donors (Lipinski definition) is 2. The number of ether oxygens (including phenoxy) is 1. The van der Waals surface area contributed by atoms with Gasteiger partial charge in [-0.15, -0.1) is 0 Å². The number of nitrogens with zero attached hydrogens (tertiary/aromatic N) is 3. The molecule has 3 fully saturated rings. The Hall–Kier alpha value is -2.78. The molecule has 1 aromatic carbocycles. The monoisotopic (exact) mass is 489 g/mol. The van der Waals surface area contributed by atoms with Crippen molar-refractivity contribution in [3.05, 3.63) is 52.2 Å². The SMILES string of the molecule is N=C1CN(C(=O)c2ccc(F)cc2OC2CC3CCC(C2)N3CCF)C/C1=C1\N=CC(Cl)=CN1. The number of fused-ring (bicyclic) bond motifs is 2. The number of amides is 1. The Morgan fingerprint density at radius 1 is 1.26 bits per heavy atom. The number of allylic oxidation sites excluding steroid dienone is 1. The van der Waals surface area contributed by atoms with Crippen LogP contribution >= 0.6 is 11.6 Å². The van der Waals surface area contributed by atoms with Crippen LogP contribution in [-0.4, -0.2) is 72.1 Å². The molecule has 7 nitrogen and oxygen atoms in total. The van der Waals surface area contributed by atoms with Crippen LogP contribution in [0.15, 0.2) is 45.8 Å². The standard InChI is InChI=1S/C24H26ClF2N5O2/c25-14-10-29-23(30-11-14)20-12-31(13-21(20)28)24(33)19-4-1-15(27)7-22(19)34-18-8-16-2-3-17(9-18)32(16)6-5-26/h1,4,7,10-11,16-18,28-29H,2-3,5-6,8-9,12-13H2/b23-20+,28-21?. The van der Waals surface area contributed by atoms with E-state index >= 15 is 0 Å². The molecule has 0 aliphatic carbocycles. The normalized spacial score (nSPS) is 28.8. The van der Waals surface area contributed by atoms with Gasteiger partial charge in [0.05, 0.1) is 29.4 Å². The molecular formula is C24H26ClF2N5O2. The third-order valence-corrected chi connectivity index (χ3v) is 7.16. The van der Waals surface area contributed by atoms with E-state index in [-0.39, 0.29) is 60.9 Å². The molecule has 4 aliphatic rings. The Bertz CT molecular complexity index is 1090. The fourth-order valence-electron chi connectivity index (χ4n) is 5.40. The number of carbonyl (C=O) groups is 1. The number of carbonyl (C=O) groups excluding carboxylic acids is 1. The molecule has 3 saturated heterocycles. The highest BCUT2D eigenvalue weighted by Gasteiger charge is 2.41. The Morgan fingerprint density at radius 3 is 2.71 bits per heavy atom. The third kappa shape index (κ3) is 4.46. The Balaban J connectivity index is 1.33. The zero-order valence-corrected chi connectivity index (χ0v) is 19.3. The molecule has 180 valence electrons. The van der Waals surface area contributed by atoms with Crippen molar-refractivity contribution in [1.82, 2.24) is 15.1 Å². The molecule has 1 aromatic rings. The van der Waals surface area contributed by atoms with Crippen molar-refractivity contribution in [3.8, 4) is 5.75 Å². The van der Waals surface area contributed by atoms with Crippen LogP contribution in [0.5, 0.6) is 5.75 Å². The summed E-state index contributed by atoms with van der Waals surface area (Å²) in [5, 5.41) is 11.7. The first kappa shape index (κ1) is 23.0. The molecule has 0 spiro atoms. The maximum absolute atomic E-state index is 14.1. The molecule has 4 heterocycles. The first-order valence-electron chi connectivity index (χ1n) is 11.5. The summed E-state index contributed by atoms with van der Waals surface area (Å²) >= 11 is 5.88. The van der Waals surface area contributed by atoms with E-state index < -0.39 is 5.82 Å². The van der Waals surface area contributed by atoms with Crippen molar-refractivity contribution in [2.45, 2.75) is 43.9 Å². The van der Waals surface area contributed by atoms with E-state index in [4.69, 9.17) is 21.7 Å². The van der Waals surface area contributed by atoms with Gasteiger partial charge < -0.3 is 20.4 Å². The lowest BCUT2D eigenvalue weighted by Crippen LogP contribution is -2.47. The van der Waals surface area contributed by atoms with E-state index in [0.29, 0.717) is 23.0 Å². The minimum Gasteiger partial charge on any atom is -0.489 e. The fraction of sp³-hybridized carbons (Fsp3) is 0.458. The number of nitrogens with one attached hydrogen (secondary N) is 2. The van der Waals surface area contributed by atoms with Crippen LogP contribution in [0.25, 0.3) is 0 Å². The van der Waals surface area contributed by atoms with Gasteiger partial charge in [0.1, 0.15) is 30.2 Å². The summed E-state index contributed by atoms with van der Waals surface area (Å²) in [5.41, 5.74) is 1.15. The van der Waals surface area contributed by atoms with Gasteiger partial charge in [-0.05, 0) is 37.8 Å². The predicted molar refractivity (Wildman–Crippen MR) is 126 cm³/mol. The number of piperidine rings is 1. The highest BCUT2D eigenvalue weighted by atomic mass is 35.5. The summed E-state index contributed by atoms with van der Waals surface area (Å²) in [5.74, 6) is -0.118. The second kappa shape index (κ2) is 9.46. The molecule has 1 amide bonds. The number of rotatable bonds is 5. The first-order chi connectivity index (χ1) is 16.4. The van der Waals surface area contributed by atoms with Crippen molar-refractivity contribution >= 4 is 29.4 Å². The summed E-state index contributed by atoms with van der Waals surface area (Å²) < 4.78 is 33.3. The highest BCUT2D eigenvalue weighted by molar-refractivity contribution is 6.39. The van der Waals surface area contributed by atoms with Gasteiger partial charge in [0, 0.05) is 42.7 Å². The van der Waals surface area contributed by atoms with Crippen molar-refractivity contribution < 1.29 is 18.3 Å². The van der Waals surface area contributed by atoms with E-state index in [0.717, 1.165) is 25.7 Å². The molecule has 0 aromatic heterocycles. The van der Waals surface area contributed by atoms with Crippen LogP contribution in [0.3, 0.4) is 0 Å². The van der Waals surface area contributed by atoms with Crippen LogP contribution in [0.2, 0.25) is 0 Å². The topological polar surface area (TPSA) is 81.0 Å². The van der Waals surface area contributed by atoms with Gasteiger partial charge in [-0.2, -0.15) is 0 Å². The van der Waals surface area contributed by atoms with Crippen molar-refractivity contribution in [2.24, 2.45) is 4.99 Å². The van der Waals surface area contributed by atoms with Gasteiger partial charge >= 0.3 is 0 Å². The smallest absolute Gasteiger partial charge is 0.258 e. The second-order valence-electron chi connectivity index (χ2n) is 9.06. The van der Waals surface area contributed by atoms with Gasteiger partial charge in [0.2, 0.25) is 0 Å². The van der Waals surface area contributed by atoms with Crippen LogP contribution in [0.1, 0.15) is 36.0 Å². The van der Waals surface area contributed by atoms with Crippen LogP contribution in [0, 0.1) is 11.2 Å². The summed E-state index contributed by atoms with van der Waals surface area (Å²) in [6.07, 6.45) is 6.36. The minimum absolute atomic E-state index is 0.120. The van der Waals surface area contributed by atoms with Crippen molar-refractivity contribution in [3.63, 3.8) is 0 Å². The average Bonchev–Trinajstić information content (AvgIpc) is 3.30. The Labute approximate surface area is 201 Å². The number of aliphatic imine (C=N–C) groups is 1. The van der Waals surface area contributed by atoms with Crippen molar-refractivity contribution in [2.75, 3.05) is 26.3 Å². The Kier molecular flexibility index (Phi) is 6.40. The lowest BCUT2D eigenvalue weighted by Gasteiger charge is -2.38. The number of likely N-dealkylation sites (tertiary alicyclic amines) is 1. The number of benzene rings is 1. The lowest BCUT2D eigenvalue weighted by atomic mass is 9.99. The molecule has 34 heavy (non-hydrogen) atoms. The lowest BCUT2D eigenvalue weighted by molar-refractivity contribution is 0.0447. The maximum atomic E-state index is 14.1. The molecule has 10 heteroatoms. The van der Waals surface area contributed by atoms with Crippen LogP contribution in [0.4, 0.5) is 8.78 Å². The number of halogens is 3. The molecule has 0 saturated carbocycles. The summed E-state index contributed by atoms with van der Waals surface area (Å²) in [6.45, 7) is 0.389. The van der Waals surface area contributed by atoms with Gasteiger partial charge in [0.15, 0.2) is 0 Å². The molecule has 2 unspecified atom stereocenters. The average molecular weight is 490 g/mol. The summed E-state index contributed by atoms with van der Waals surface area (Å²) in [4.78, 5) is 21.3. The molecule has 2 bridgehead atoms. The van der Waals surface area contributed by atoms with Crippen LogP contribution in [-0.2, 0) is 0 Å². The maximum Gasteiger partial charge on any atom is 0.258 e. The van der Waals surface area contributed by atoms with E-state index in [1.807, 2.05) is 0 Å². The largest absolute Gasteiger partial charge is 0.489 e. The molecule has 4 aliphatic heterocycles. The summed E-state index contributed by atoms with van der Waals surface area (Å²) in [7, 11) is 0. The van der Waals surface area contributed by atoms with E-state index in [2.05, 4.69) is 15.2 Å². The van der Waals surface area contributed by atoms with Gasteiger partial charge in [-0.25, -0.2) is 13.8 Å². The predicted octanol–water partition coefficient (Wildman–Crippen LogP) is 3.61. The molecule has 0 radical (unpaired) electrons. The Morgan fingerprint density at radius 2 is 2.03 bits per heavy atom. The highest BCUT2D eigenvalue weighted by Crippen LogP contribution is 2.38. The van der Waals surface area contributed by atoms with E-state index in [1.54, 1.807) is 6.20 Å². The summed E-state index contributed by atoms with van der Waals surface area (Å²) in [6, 6.07) is 4.45. The molecule has 2 atom stereocenters. The molecule has 5 rings (SSSR count). The number of alkyl halides is 1. The molecule has 2 N–H and O–H groups in total. The molecular weight excluding hydrogens is 464 g/mol. The van der Waals surface area contributed by atoms with E-state index in [1.165, 1.54) is 29.3 Å². The van der Waals surface area contributed by atoms with Gasteiger partial charge in [-0.3, -0.25) is 9.69 Å². The van der Waals surface area contributed by atoms with Crippen LogP contribution < -0.4 is 10.1 Å². The first-order valence-corrected chi connectivity index (χ1v) is 11.8. The zero-order chi connectivity index (χ0) is 23.8. The zero-order valence-electron chi connectivity index (χ0n) is 18.6. The third-order valence-electron chi connectivity index (χ3n) is 6.95. The van der Waals surface area contributed by atoms with Crippen molar-refractivity contribution in [1.29, 1.82) is 5.41 Å².